The van der Waals surface area contributed by atoms with Crippen molar-refractivity contribution in [3.8, 4) is 0 Å². The van der Waals surface area contributed by atoms with E-state index in [0.717, 1.165) is 24.7 Å². The fourth-order valence-electron chi connectivity index (χ4n) is 1.55. The normalized spacial score (nSPS) is 19.8. The Morgan fingerprint density at radius 3 is 2.94 bits per heavy atom. The molecule has 1 aliphatic heterocycles. The molecule has 0 fully saturated rings. The molecule has 0 radical (unpaired) electrons. The number of rotatable bonds is 4. The second-order valence-electron chi connectivity index (χ2n) is 4.46. The van der Waals surface area contributed by atoms with E-state index in [4.69, 9.17) is 4.52 Å². The number of nitrogens with zero attached hydrogens (tertiary/aromatic N) is 3. The molecule has 1 N–H and O–H groups in total. The summed E-state index contributed by atoms with van der Waals surface area (Å²) in [7, 11) is 0. The Balaban J connectivity index is 1.70. The van der Waals surface area contributed by atoms with Crippen LogP contribution in [-0.4, -0.2) is 33.6 Å². The summed E-state index contributed by atoms with van der Waals surface area (Å²) in [6, 6.07) is 0. The molecule has 17 heavy (non-hydrogen) atoms. The number of aryl methyl sites for hydroxylation is 1. The van der Waals surface area contributed by atoms with Crippen molar-refractivity contribution in [2.24, 2.45) is 10.9 Å². The Morgan fingerprint density at radius 2 is 2.35 bits per heavy atom. The van der Waals surface area contributed by atoms with Crippen LogP contribution >= 0.6 is 11.8 Å². The SMILES string of the molecule is Cc1noc(CCNC2=NCC(C(C)C)S2)n1. The van der Waals surface area contributed by atoms with Crippen LogP contribution in [0, 0.1) is 12.8 Å². The molecule has 0 amide bonds. The van der Waals surface area contributed by atoms with Gasteiger partial charge in [-0.25, -0.2) is 0 Å². The summed E-state index contributed by atoms with van der Waals surface area (Å²) in [4.78, 5) is 8.63. The van der Waals surface area contributed by atoms with Crippen LogP contribution in [0.5, 0.6) is 0 Å². The van der Waals surface area contributed by atoms with Gasteiger partial charge in [0.05, 0.1) is 6.54 Å². The maximum absolute atomic E-state index is 5.04. The van der Waals surface area contributed by atoms with E-state index in [2.05, 4.69) is 34.3 Å². The maximum atomic E-state index is 5.04. The van der Waals surface area contributed by atoms with E-state index in [1.54, 1.807) is 0 Å². The van der Waals surface area contributed by atoms with Crippen LogP contribution in [-0.2, 0) is 6.42 Å². The summed E-state index contributed by atoms with van der Waals surface area (Å²) in [6.45, 7) is 8.00. The predicted octanol–water partition coefficient (Wildman–Crippen LogP) is 1.64. The summed E-state index contributed by atoms with van der Waals surface area (Å²) in [5.41, 5.74) is 0. The fourth-order valence-corrected chi connectivity index (χ4v) is 2.60. The number of aliphatic imine (C=N–C) groups is 1. The zero-order valence-corrected chi connectivity index (χ0v) is 11.3. The summed E-state index contributed by atoms with van der Waals surface area (Å²) < 4.78 is 5.04. The predicted molar refractivity (Wildman–Crippen MR) is 69.3 cm³/mol. The number of thioether (sulfide) groups is 1. The van der Waals surface area contributed by atoms with Crippen molar-refractivity contribution < 1.29 is 4.52 Å². The smallest absolute Gasteiger partial charge is 0.228 e. The van der Waals surface area contributed by atoms with Crippen molar-refractivity contribution in [2.75, 3.05) is 13.1 Å². The molecule has 2 heterocycles. The van der Waals surface area contributed by atoms with E-state index >= 15 is 0 Å². The Hall–Kier alpha value is -1.04. The number of amidine groups is 1. The first-order chi connectivity index (χ1) is 8.15. The third-order valence-corrected chi connectivity index (χ3v) is 4.10. The van der Waals surface area contributed by atoms with Gasteiger partial charge in [0.2, 0.25) is 5.89 Å². The van der Waals surface area contributed by atoms with Crippen molar-refractivity contribution in [3.63, 3.8) is 0 Å². The maximum Gasteiger partial charge on any atom is 0.228 e. The zero-order chi connectivity index (χ0) is 12.3. The van der Waals surface area contributed by atoms with Crippen molar-refractivity contribution in [1.82, 2.24) is 15.5 Å². The molecular formula is C11H18N4OS. The quantitative estimate of drug-likeness (QED) is 0.885. The molecule has 2 rings (SSSR count). The lowest BCUT2D eigenvalue weighted by Crippen LogP contribution is -2.23. The highest BCUT2D eigenvalue weighted by molar-refractivity contribution is 8.14. The molecule has 1 aromatic rings. The van der Waals surface area contributed by atoms with Crippen LogP contribution in [0.2, 0.25) is 0 Å². The molecular weight excluding hydrogens is 236 g/mol. The zero-order valence-electron chi connectivity index (χ0n) is 10.4. The van der Waals surface area contributed by atoms with E-state index in [-0.39, 0.29) is 0 Å². The van der Waals surface area contributed by atoms with Gasteiger partial charge < -0.3 is 9.84 Å². The van der Waals surface area contributed by atoms with Crippen molar-refractivity contribution in [2.45, 2.75) is 32.4 Å². The van der Waals surface area contributed by atoms with Crippen LogP contribution in [0.15, 0.2) is 9.52 Å². The van der Waals surface area contributed by atoms with Gasteiger partial charge in [-0.3, -0.25) is 4.99 Å². The molecule has 94 valence electrons. The van der Waals surface area contributed by atoms with E-state index in [0.29, 0.717) is 22.9 Å². The van der Waals surface area contributed by atoms with Gasteiger partial charge in [-0.15, -0.1) is 0 Å². The largest absolute Gasteiger partial charge is 0.364 e. The topological polar surface area (TPSA) is 63.3 Å². The molecule has 0 bridgehead atoms. The van der Waals surface area contributed by atoms with Gasteiger partial charge in [0.15, 0.2) is 11.0 Å². The lowest BCUT2D eigenvalue weighted by molar-refractivity contribution is 0.375. The summed E-state index contributed by atoms with van der Waals surface area (Å²) in [5.74, 6) is 2.04. The number of nitrogens with one attached hydrogen (secondary N) is 1. The highest BCUT2D eigenvalue weighted by Crippen LogP contribution is 2.25. The fraction of sp³-hybridized carbons (Fsp3) is 0.727. The highest BCUT2D eigenvalue weighted by Gasteiger charge is 2.22. The molecule has 1 aromatic heterocycles. The van der Waals surface area contributed by atoms with Gasteiger partial charge in [-0.05, 0) is 12.8 Å². The lowest BCUT2D eigenvalue weighted by Gasteiger charge is -2.11. The van der Waals surface area contributed by atoms with E-state index in [1.807, 2.05) is 18.7 Å². The first kappa shape index (κ1) is 12.4. The monoisotopic (exact) mass is 254 g/mol. The Morgan fingerprint density at radius 1 is 1.53 bits per heavy atom. The van der Waals surface area contributed by atoms with Gasteiger partial charge in [0, 0.05) is 18.2 Å². The second kappa shape index (κ2) is 5.53. The van der Waals surface area contributed by atoms with E-state index < -0.39 is 0 Å². The summed E-state index contributed by atoms with van der Waals surface area (Å²) >= 11 is 1.83. The third kappa shape index (κ3) is 3.46. The van der Waals surface area contributed by atoms with Crippen LogP contribution in [0.1, 0.15) is 25.6 Å². The molecule has 0 aromatic carbocycles. The number of hydrogen-bond acceptors (Lipinski definition) is 6. The molecule has 6 heteroatoms. The van der Waals surface area contributed by atoms with Crippen LogP contribution < -0.4 is 5.32 Å². The molecule has 1 unspecified atom stereocenters. The molecule has 5 nitrogen and oxygen atoms in total. The van der Waals surface area contributed by atoms with Gasteiger partial charge in [-0.1, -0.05) is 30.8 Å². The first-order valence-electron chi connectivity index (χ1n) is 5.89. The average Bonchev–Trinajstić information content (AvgIpc) is 2.88. The van der Waals surface area contributed by atoms with Crippen LogP contribution in [0.25, 0.3) is 0 Å². The Kier molecular flexibility index (Phi) is 4.04. The first-order valence-corrected chi connectivity index (χ1v) is 6.77. The standard InChI is InChI=1S/C11H18N4OS/c1-7(2)9-6-13-11(17-9)12-5-4-10-14-8(3)15-16-10/h7,9H,4-6H2,1-3H3,(H,12,13). The molecule has 0 aliphatic carbocycles. The molecule has 0 saturated heterocycles. The average molecular weight is 254 g/mol. The number of aromatic nitrogens is 2. The van der Waals surface area contributed by atoms with Crippen LogP contribution in [0.4, 0.5) is 0 Å². The summed E-state index contributed by atoms with van der Waals surface area (Å²) in [6.07, 6.45) is 0.743. The van der Waals surface area contributed by atoms with E-state index in [1.165, 1.54) is 0 Å². The van der Waals surface area contributed by atoms with Crippen molar-refractivity contribution in [1.29, 1.82) is 0 Å². The molecule has 0 spiro atoms. The molecule has 1 atom stereocenters. The summed E-state index contributed by atoms with van der Waals surface area (Å²) in [5, 5.41) is 8.72. The second-order valence-corrected chi connectivity index (χ2v) is 5.69. The van der Waals surface area contributed by atoms with Gasteiger partial charge in [0.25, 0.3) is 0 Å². The third-order valence-electron chi connectivity index (χ3n) is 2.61. The number of hydrogen-bond donors (Lipinski definition) is 1. The minimum absolute atomic E-state index is 0.614. The van der Waals surface area contributed by atoms with E-state index in [9.17, 15) is 0 Å². The lowest BCUT2D eigenvalue weighted by atomic mass is 10.1. The van der Waals surface area contributed by atoms with Gasteiger partial charge >= 0.3 is 0 Å². The van der Waals surface area contributed by atoms with Gasteiger partial charge in [-0.2, -0.15) is 4.98 Å². The molecule has 1 aliphatic rings. The molecule has 0 saturated carbocycles. The minimum Gasteiger partial charge on any atom is -0.364 e. The van der Waals surface area contributed by atoms with Crippen molar-refractivity contribution in [3.05, 3.63) is 11.7 Å². The van der Waals surface area contributed by atoms with Crippen molar-refractivity contribution >= 4 is 16.9 Å². The Bertz CT molecular complexity index is 402. The highest BCUT2D eigenvalue weighted by atomic mass is 32.2. The Labute approximate surface area is 105 Å². The minimum atomic E-state index is 0.614. The van der Waals surface area contributed by atoms with Crippen LogP contribution in [0.3, 0.4) is 0 Å². The van der Waals surface area contributed by atoms with Gasteiger partial charge in [0.1, 0.15) is 0 Å².